The lowest BCUT2D eigenvalue weighted by Crippen LogP contribution is -2.52. The quantitative estimate of drug-likeness (QED) is 0.0544. The van der Waals surface area contributed by atoms with Gasteiger partial charge in [-0.05, 0) is 78.7 Å². The van der Waals surface area contributed by atoms with Gasteiger partial charge < -0.3 is 33.8 Å². The molecule has 3 N–H and O–H groups in total. The van der Waals surface area contributed by atoms with Crippen LogP contribution in [0.3, 0.4) is 0 Å². The highest BCUT2D eigenvalue weighted by molar-refractivity contribution is 7.86. The summed E-state index contributed by atoms with van der Waals surface area (Å²) in [7, 11) is -11.2. The molecule has 1 amide bonds. The fraction of sp³-hybridized carbons (Fsp3) is 0.676. The Balaban J connectivity index is 1.68. The van der Waals surface area contributed by atoms with Crippen molar-refractivity contribution in [1.29, 1.82) is 0 Å². The van der Waals surface area contributed by atoms with Gasteiger partial charge in [0.1, 0.15) is 24.9 Å². The van der Waals surface area contributed by atoms with Crippen LogP contribution in [0.25, 0.3) is 11.2 Å². The van der Waals surface area contributed by atoms with Gasteiger partial charge in [0.05, 0.1) is 24.4 Å². The van der Waals surface area contributed by atoms with Gasteiger partial charge in [0.15, 0.2) is 42.3 Å². The number of aromatic nitrogens is 4. The fourth-order valence-corrected chi connectivity index (χ4v) is 16.4. The van der Waals surface area contributed by atoms with Gasteiger partial charge in [0.2, 0.25) is 11.8 Å². The lowest BCUT2D eigenvalue weighted by molar-refractivity contribution is -0.0465. The molecule has 0 spiro atoms. The lowest BCUT2D eigenvalue weighted by Gasteiger charge is -2.40. The summed E-state index contributed by atoms with van der Waals surface area (Å²) >= 11 is 0. The van der Waals surface area contributed by atoms with Gasteiger partial charge >= 0.3 is 10.2 Å². The predicted octanol–water partition coefficient (Wildman–Crippen LogP) is 7.58. The number of hydrogen-bond acceptors (Lipinski definition) is 12. The second-order valence-electron chi connectivity index (χ2n) is 14.5. The minimum Gasteiger partial charge on any atom is -0.474 e. The van der Waals surface area contributed by atoms with E-state index in [2.05, 4.69) is 77.6 Å². The van der Waals surface area contributed by atoms with Gasteiger partial charge in [-0.3, -0.25) is 9.36 Å². The topological polar surface area (TPSA) is 179 Å². The summed E-state index contributed by atoms with van der Waals surface area (Å²) in [5.74, 6) is -0.376. The van der Waals surface area contributed by atoms with Crippen LogP contribution in [0, 0.1) is 0 Å². The number of fused-ring (bicyclic) bond motifs is 1. The number of imidazole rings is 1. The van der Waals surface area contributed by atoms with E-state index in [1.807, 2.05) is 4.57 Å². The van der Waals surface area contributed by atoms with E-state index in [-0.39, 0.29) is 42.8 Å². The van der Waals surface area contributed by atoms with E-state index in [0.29, 0.717) is 17.8 Å². The second kappa shape index (κ2) is 19.8. The minimum absolute atomic E-state index is 0.00932. The van der Waals surface area contributed by atoms with E-state index < -0.39 is 58.3 Å². The standard InChI is InChI=1S/C37H63FN6O8SSi3/c1-10-54(11-2,12-3)49-25-29-31(51-55(13-4,14-5)15-6)32(52-56(16-7,17-8)18-9)36(50-29)44-26-41-30-33(44)42-37(39)43-35(30)48-24-23-40-34(45)27-19-21-28(22-20-27)53(38,46)47/h19-22,26,29,31-32,36H,10-18,23-25H2,1-9H3,(H,40,45)(H2,39,42,43)/t29-,31-,32-,36-/m1/s1. The Kier molecular flexibility index (Phi) is 16.2. The average molecular weight is 855 g/mol. The molecule has 0 aliphatic carbocycles. The summed E-state index contributed by atoms with van der Waals surface area (Å²) in [6, 6.07) is 13.4. The molecular weight excluding hydrogens is 792 g/mol. The molecule has 314 valence electrons. The van der Waals surface area contributed by atoms with Crippen molar-refractivity contribution < 1.29 is 39.8 Å². The molecule has 0 unspecified atom stereocenters. The zero-order valence-electron chi connectivity index (χ0n) is 34.6. The number of carbonyl (C=O) groups excluding carboxylic acids is 1. The lowest BCUT2D eigenvalue weighted by atomic mass is 10.1. The number of halogens is 1. The van der Waals surface area contributed by atoms with E-state index in [0.717, 1.165) is 66.5 Å². The van der Waals surface area contributed by atoms with E-state index in [1.165, 1.54) is 12.1 Å². The van der Waals surface area contributed by atoms with Gasteiger partial charge in [-0.1, -0.05) is 62.3 Å². The van der Waals surface area contributed by atoms with Gasteiger partial charge in [-0.2, -0.15) is 18.4 Å². The summed E-state index contributed by atoms with van der Waals surface area (Å²) < 4.78 is 72.2. The van der Waals surface area contributed by atoms with Crippen molar-refractivity contribution in [3.8, 4) is 5.88 Å². The zero-order chi connectivity index (χ0) is 41.3. The molecular formula is C37H63FN6O8SSi3. The third-order valence-electron chi connectivity index (χ3n) is 12.1. The molecule has 0 bridgehead atoms. The summed E-state index contributed by atoms with van der Waals surface area (Å²) in [5.41, 5.74) is 7.22. The molecule has 1 aliphatic rings. The molecule has 1 aromatic carbocycles. The minimum atomic E-state index is -4.87. The third-order valence-corrected chi connectivity index (χ3v) is 26.9. The smallest absolute Gasteiger partial charge is 0.332 e. The maximum Gasteiger partial charge on any atom is 0.332 e. The van der Waals surface area contributed by atoms with Crippen LogP contribution in [0.2, 0.25) is 54.4 Å². The molecule has 1 aliphatic heterocycles. The Morgan fingerprint density at radius 3 is 1.89 bits per heavy atom. The molecule has 56 heavy (non-hydrogen) atoms. The van der Waals surface area contributed by atoms with E-state index >= 15 is 0 Å². The Morgan fingerprint density at radius 1 is 0.839 bits per heavy atom. The van der Waals surface area contributed by atoms with Gasteiger partial charge in [0.25, 0.3) is 5.91 Å². The molecule has 4 rings (SSSR count). The number of amides is 1. The number of ether oxygens (including phenoxy) is 2. The number of nitrogen functional groups attached to an aromatic ring is 1. The third kappa shape index (κ3) is 10.3. The van der Waals surface area contributed by atoms with Crippen LogP contribution in [0.1, 0.15) is 78.9 Å². The highest BCUT2D eigenvalue weighted by atomic mass is 32.3. The van der Waals surface area contributed by atoms with Crippen molar-refractivity contribution in [2.75, 3.05) is 25.5 Å². The summed E-state index contributed by atoms with van der Waals surface area (Å²) in [4.78, 5) is 25.8. The zero-order valence-corrected chi connectivity index (χ0v) is 38.4. The van der Waals surface area contributed by atoms with Gasteiger partial charge in [-0.25, -0.2) is 4.98 Å². The first kappa shape index (κ1) is 45.9. The Hall–Kier alpha value is -2.79. The molecule has 3 heterocycles. The Bertz CT molecular complexity index is 1820. The normalized spacial score (nSPS) is 19.5. The Morgan fingerprint density at radius 2 is 1.38 bits per heavy atom. The maximum absolute atomic E-state index is 13.3. The number of anilines is 1. The predicted molar refractivity (Wildman–Crippen MR) is 223 cm³/mol. The number of hydrogen-bond donors (Lipinski definition) is 2. The number of nitrogens with two attached hydrogens (primary N) is 1. The van der Waals surface area contributed by atoms with E-state index in [9.17, 15) is 17.1 Å². The molecule has 3 aromatic rings. The van der Waals surface area contributed by atoms with Crippen LogP contribution in [0.15, 0.2) is 35.5 Å². The van der Waals surface area contributed by atoms with Crippen molar-refractivity contribution in [1.82, 2.24) is 24.8 Å². The van der Waals surface area contributed by atoms with Crippen LogP contribution < -0.4 is 15.8 Å². The molecule has 1 fully saturated rings. The highest BCUT2D eigenvalue weighted by Gasteiger charge is 2.53. The average Bonchev–Trinajstić information content (AvgIpc) is 3.78. The fourth-order valence-electron chi connectivity index (χ4n) is 7.60. The van der Waals surface area contributed by atoms with Crippen LogP contribution in [0.4, 0.5) is 9.83 Å². The number of benzene rings is 1. The maximum atomic E-state index is 13.3. The van der Waals surface area contributed by atoms with Crippen molar-refractivity contribution in [2.24, 2.45) is 0 Å². The van der Waals surface area contributed by atoms with Crippen molar-refractivity contribution in [2.45, 2.75) is 146 Å². The summed E-state index contributed by atoms with van der Waals surface area (Å²) in [6.07, 6.45) is -0.192. The first-order chi connectivity index (χ1) is 26.7. The van der Waals surface area contributed by atoms with Crippen LogP contribution in [-0.4, -0.2) is 96.9 Å². The van der Waals surface area contributed by atoms with Crippen LogP contribution >= 0.6 is 0 Å². The van der Waals surface area contributed by atoms with Crippen molar-refractivity contribution >= 4 is 58.2 Å². The number of rotatable bonds is 23. The van der Waals surface area contributed by atoms with Crippen molar-refractivity contribution in [3.63, 3.8) is 0 Å². The molecule has 14 nitrogen and oxygen atoms in total. The van der Waals surface area contributed by atoms with Crippen LogP contribution in [-0.2, 0) is 28.2 Å². The molecule has 19 heteroatoms. The molecule has 1 saturated heterocycles. The first-order valence-electron chi connectivity index (χ1n) is 20.3. The van der Waals surface area contributed by atoms with Crippen LogP contribution in [0.5, 0.6) is 5.88 Å². The summed E-state index contributed by atoms with van der Waals surface area (Å²) in [5, 5.41) is 2.70. The van der Waals surface area contributed by atoms with Crippen molar-refractivity contribution in [3.05, 3.63) is 36.2 Å². The second-order valence-corrected chi connectivity index (χ2v) is 30.1. The van der Waals surface area contributed by atoms with Gasteiger partial charge in [0, 0.05) is 5.56 Å². The largest absolute Gasteiger partial charge is 0.474 e. The number of nitrogens with zero attached hydrogens (tertiary/aromatic N) is 4. The molecule has 0 saturated carbocycles. The number of nitrogens with one attached hydrogen (secondary N) is 1. The first-order valence-corrected chi connectivity index (χ1v) is 29.2. The SMILES string of the molecule is CC[Si](CC)(CC)OC[C@H]1O[C@@H](n2cnc3c(OCCNC(=O)c4ccc(S(=O)(=O)F)cc4)nc(N)nc32)[C@H](O[Si](CC)(CC)CC)[C@@H]1O[Si](CC)(CC)CC. The summed E-state index contributed by atoms with van der Waals surface area (Å²) in [6.45, 7) is 20.5. The van der Waals surface area contributed by atoms with E-state index in [1.54, 1.807) is 6.33 Å². The van der Waals surface area contributed by atoms with Gasteiger partial charge in [-0.15, -0.1) is 3.89 Å². The Labute approximate surface area is 335 Å². The highest BCUT2D eigenvalue weighted by Crippen LogP contribution is 2.42. The molecule has 2 aromatic heterocycles. The molecule has 0 radical (unpaired) electrons. The van der Waals surface area contributed by atoms with E-state index in [4.69, 9.17) is 33.5 Å². The number of carbonyl (C=O) groups is 1. The molecule has 4 atom stereocenters. The monoisotopic (exact) mass is 854 g/mol.